The third kappa shape index (κ3) is 2.42. The molecule has 3 rings (SSSR count). The number of rotatable bonds is 2. The zero-order chi connectivity index (χ0) is 17.6. The summed E-state index contributed by atoms with van der Waals surface area (Å²) in [6.07, 6.45) is 1.33. The molecule has 0 unspecified atom stereocenters. The molecule has 0 atom stereocenters. The van der Waals surface area contributed by atoms with E-state index in [0.29, 0.717) is 35.0 Å². The molecule has 0 aliphatic carbocycles. The molecule has 0 spiro atoms. The molecular formula is C17H18FN3O3. The van der Waals surface area contributed by atoms with E-state index in [2.05, 4.69) is 4.98 Å². The van der Waals surface area contributed by atoms with E-state index < -0.39 is 17.8 Å². The first kappa shape index (κ1) is 16.0. The molecule has 4 N–H and O–H groups in total. The van der Waals surface area contributed by atoms with Gasteiger partial charge in [0.25, 0.3) is 5.91 Å². The number of nitrogens with two attached hydrogens (primary N) is 1. The first-order chi connectivity index (χ1) is 11.3. The van der Waals surface area contributed by atoms with Crippen molar-refractivity contribution in [3.63, 3.8) is 0 Å². The Morgan fingerprint density at radius 1 is 1.38 bits per heavy atom. The highest BCUT2D eigenvalue weighted by molar-refractivity contribution is 6.09. The summed E-state index contributed by atoms with van der Waals surface area (Å²) in [7, 11) is 0. The van der Waals surface area contributed by atoms with Crippen LogP contribution < -0.4 is 5.73 Å². The van der Waals surface area contributed by atoms with Crippen LogP contribution in [0.5, 0.6) is 0 Å². The van der Waals surface area contributed by atoms with Crippen molar-refractivity contribution >= 4 is 28.5 Å². The highest BCUT2D eigenvalue weighted by Gasteiger charge is 2.25. The van der Waals surface area contributed by atoms with E-state index in [1.807, 2.05) is 19.9 Å². The first-order valence-corrected chi connectivity index (χ1v) is 7.59. The zero-order valence-corrected chi connectivity index (χ0v) is 13.4. The number of aryl methyl sites for hydroxylation is 2. The van der Waals surface area contributed by atoms with Crippen LogP contribution in [0.25, 0.3) is 16.5 Å². The smallest absolute Gasteiger partial charge is 0.407 e. The predicted octanol–water partition coefficient (Wildman–Crippen LogP) is 2.79. The second kappa shape index (κ2) is 5.67. The molecule has 24 heavy (non-hydrogen) atoms. The molecule has 1 aromatic carbocycles. The molecule has 6 nitrogen and oxygen atoms in total. The Bertz CT molecular complexity index is 898. The van der Waals surface area contributed by atoms with Gasteiger partial charge < -0.3 is 20.7 Å². The second-order valence-corrected chi connectivity index (χ2v) is 5.99. The highest BCUT2D eigenvalue weighted by Crippen LogP contribution is 2.35. The summed E-state index contributed by atoms with van der Waals surface area (Å²) in [4.78, 5) is 27.2. The van der Waals surface area contributed by atoms with E-state index in [1.165, 1.54) is 4.90 Å². The third-order valence-corrected chi connectivity index (χ3v) is 4.54. The maximum Gasteiger partial charge on any atom is 0.407 e. The number of carbonyl (C=O) groups is 2. The number of H-pyrrole nitrogens is 1. The van der Waals surface area contributed by atoms with Crippen LogP contribution in [-0.4, -0.2) is 40.1 Å². The topological polar surface area (TPSA) is 99.4 Å². The molecule has 126 valence electrons. The number of carbonyl (C=O) groups excluding carboxylic acids is 1. The summed E-state index contributed by atoms with van der Waals surface area (Å²) in [5.41, 5.74) is 8.52. The number of amides is 2. The van der Waals surface area contributed by atoms with Crippen molar-refractivity contribution in [1.29, 1.82) is 0 Å². The van der Waals surface area contributed by atoms with Crippen molar-refractivity contribution in [3.05, 3.63) is 40.3 Å². The SMILES string of the molecule is Cc1[nH]c2c(C(N)=O)cc(F)c(C3=CCCN(C(=O)O)C3)c2c1C. The Hall–Kier alpha value is -2.83. The standard InChI is InChI=1S/C17H18FN3O3/c1-8-9(2)20-15-11(16(19)22)6-12(18)14(13(8)15)10-4-3-5-21(7-10)17(23)24/h4,6,20H,3,5,7H2,1-2H3,(H2,19,22)(H,23,24). The molecular weight excluding hydrogens is 313 g/mol. The molecule has 1 aliphatic rings. The maximum absolute atomic E-state index is 14.8. The fourth-order valence-corrected chi connectivity index (χ4v) is 3.22. The zero-order valence-electron chi connectivity index (χ0n) is 13.4. The average molecular weight is 331 g/mol. The summed E-state index contributed by atoms with van der Waals surface area (Å²) in [6.45, 7) is 4.16. The molecule has 0 radical (unpaired) electrons. The van der Waals surface area contributed by atoms with E-state index in [1.54, 1.807) is 0 Å². The molecule has 0 bridgehead atoms. The monoisotopic (exact) mass is 331 g/mol. The maximum atomic E-state index is 14.8. The fraction of sp³-hybridized carbons (Fsp3) is 0.294. The Morgan fingerprint density at radius 3 is 2.71 bits per heavy atom. The molecule has 2 amide bonds. The van der Waals surface area contributed by atoms with E-state index in [9.17, 15) is 19.1 Å². The lowest BCUT2D eigenvalue weighted by atomic mass is 9.93. The number of nitrogens with zero attached hydrogens (tertiary/aromatic N) is 1. The van der Waals surface area contributed by atoms with Crippen LogP contribution in [0, 0.1) is 19.7 Å². The number of nitrogens with one attached hydrogen (secondary N) is 1. The minimum atomic E-state index is -1.03. The fourth-order valence-electron chi connectivity index (χ4n) is 3.22. The van der Waals surface area contributed by atoms with E-state index in [0.717, 1.165) is 17.3 Å². The van der Waals surface area contributed by atoms with Gasteiger partial charge in [-0.05, 0) is 37.5 Å². The van der Waals surface area contributed by atoms with Gasteiger partial charge in [-0.2, -0.15) is 0 Å². The van der Waals surface area contributed by atoms with Gasteiger partial charge in [-0.3, -0.25) is 4.79 Å². The summed E-state index contributed by atoms with van der Waals surface area (Å²) in [5.74, 6) is -1.28. The van der Waals surface area contributed by atoms with Gasteiger partial charge in [0.1, 0.15) is 5.82 Å². The van der Waals surface area contributed by atoms with Crippen molar-refractivity contribution in [2.75, 3.05) is 13.1 Å². The lowest BCUT2D eigenvalue weighted by Gasteiger charge is -2.25. The Labute approximate surface area is 137 Å². The predicted molar refractivity (Wildman–Crippen MR) is 88.4 cm³/mol. The van der Waals surface area contributed by atoms with Crippen molar-refractivity contribution in [1.82, 2.24) is 9.88 Å². The van der Waals surface area contributed by atoms with Crippen molar-refractivity contribution in [2.45, 2.75) is 20.3 Å². The van der Waals surface area contributed by atoms with Crippen LogP contribution in [0.3, 0.4) is 0 Å². The number of primary amides is 1. The highest BCUT2D eigenvalue weighted by atomic mass is 19.1. The molecule has 0 saturated carbocycles. The van der Waals surface area contributed by atoms with E-state index in [-0.39, 0.29) is 12.1 Å². The van der Waals surface area contributed by atoms with Gasteiger partial charge in [0.2, 0.25) is 0 Å². The van der Waals surface area contributed by atoms with Crippen LogP contribution in [0.2, 0.25) is 0 Å². The molecule has 7 heteroatoms. The molecule has 0 fully saturated rings. The van der Waals surface area contributed by atoms with E-state index >= 15 is 0 Å². The number of halogens is 1. The lowest BCUT2D eigenvalue weighted by Crippen LogP contribution is -2.34. The number of aromatic amines is 1. The Balaban J connectivity index is 2.27. The summed E-state index contributed by atoms with van der Waals surface area (Å²) >= 11 is 0. The van der Waals surface area contributed by atoms with E-state index in [4.69, 9.17) is 5.73 Å². The summed E-state index contributed by atoms with van der Waals surface area (Å²) < 4.78 is 14.8. The van der Waals surface area contributed by atoms with Crippen molar-refractivity contribution < 1.29 is 19.1 Å². The molecule has 1 aromatic heterocycles. The van der Waals surface area contributed by atoms with Gasteiger partial charge in [0, 0.05) is 29.7 Å². The normalized spacial score (nSPS) is 14.8. The largest absolute Gasteiger partial charge is 0.465 e. The lowest BCUT2D eigenvalue weighted by molar-refractivity contribution is 0.100. The van der Waals surface area contributed by atoms with Gasteiger partial charge in [-0.15, -0.1) is 0 Å². The number of benzene rings is 1. The van der Waals surface area contributed by atoms with Crippen LogP contribution >= 0.6 is 0 Å². The second-order valence-electron chi connectivity index (χ2n) is 5.99. The van der Waals surface area contributed by atoms with Crippen molar-refractivity contribution in [2.24, 2.45) is 5.73 Å². The summed E-state index contributed by atoms with van der Waals surface area (Å²) in [6, 6.07) is 1.12. The Morgan fingerprint density at radius 2 is 2.08 bits per heavy atom. The minimum Gasteiger partial charge on any atom is -0.465 e. The molecule has 2 aromatic rings. The van der Waals surface area contributed by atoms with Crippen LogP contribution in [-0.2, 0) is 0 Å². The van der Waals surface area contributed by atoms with Gasteiger partial charge in [0.15, 0.2) is 0 Å². The van der Waals surface area contributed by atoms with Crippen LogP contribution in [0.1, 0.15) is 33.6 Å². The molecule has 0 saturated heterocycles. The first-order valence-electron chi connectivity index (χ1n) is 7.59. The average Bonchev–Trinajstić information content (AvgIpc) is 2.82. The quantitative estimate of drug-likeness (QED) is 0.789. The van der Waals surface area contributed by atoms with Gasteiger partial charge in [-0.25, -0.2) is 9.18 Å². The van der Waals surface area contributed by atoms with Crippen LogP contribution in [0.15, 0.2) is 12.1 Å². The molecule has 1 aliphatic heterocycles. The third-order valence-electron chi connectivity index (χ3n) is 4.54. The number of carboxylic acid groups (broad SMARTS) is 1. The number of hydrogen-bond donors (Lipinski definition) is 3. The number of fused-ring (bicyclic) bond motifs is 1. The number of aromatic nitrogens is 1. The van der Waals surface area contributed by atoms with Crippen molar-refractivity contribution in [3.8, 4) is 0 Å². The summed E-state index contributed by atoms with van der Waals surface area (Å²) in [5, 5.41) is 9.78. The van der Waals surface area contributed by atoms with Gasteiger partial charge in [0.05, 0.1) is 11.1 Å². The molecule has 2 heterocycles. The number of hydrogen-bond acceptors (Lipinski definition) is 2. The Kier molecular flexibility index (Phi) is 3.79. The van der Waals surface area contributed by atoms with Crippen LogP contribution in [0.4, 0.5) is 9.18 Å². The van der Waals surface area contributed by atoms with Gasteiger partial charge in [-0.1, -0.05) is 6.08 Å². The van der Waals surface area contributed by atoms with Gasteiger partial charge >= 0.3 is 6.09 Å². The minimum absolute atomic E-state index is 0.0916.